The molecule has 1 aromatic carbocycles. The van der Waals surface area contributed by atoms with Crippen molar-refractivity contribution >= 4 is 21.1 Å². The zero-order valence-electron chi connectivity index (χ0n) is 4.80. The molecule has 0 aromatic heterocycles. The second-order valence-corrected chi connectivity index (χ2v) is 3.34. The number of halogens is 2. The van der Waals surface area contributed by atoms with Gasteiger partial charge in [-0.25, -0.2) is 0 Å². The maximum atomic E-state index is 12.1. The maximum absolute atomic E-state index is 12.1. The van der Waals surface area contributed by atoms with Crippen LogP contribution in [0.15, 0.2) is 24.3 Å². The van der Waals surface area contributed by atoms with Gasteiger partial charge in [0.25, 0.3) is 0 Å². The molecule has 0 radical (unpaired) electrons. The van der Waals surface area contributed by atoms with Gasteiger partial charge in [-0.05, 0) is 0 Å². The fourth-order valence-electron chi connectivity index (χ4n) is 0.484. The van der Waals surface area contributed by atoms with Crippen LogP contribution in [0.3, 0.4) is 0 Å². The van der Waals surface area contributed by atoms with E-state index in [1.165, 1.54) is 16.3 Å². The van der Waals surface area contributed by atoms with Crippen LogP contribution in [0.4, 0.5) is 4.39 Å². The van der Waals surface area contributed by atoms with E-state index in [2.05, 4.69) is 0 Å². The van der Waals surface area contributed by atoms with Gasteiger partial charge in [0, 0.05) is 0 Å². The molecule has 0 saturated heterocycles. The van der Waals surface area contributed by atoms with Crippen molar-refractivity contribution in [1.29, 1.82) is 0 Å². The van der Waals surface area contributed by atoms with Gasteiger partial charge in [0.1, 0.15) is 0 Å². The van der Waals surface area contributed by atoms with Crippen molar-refractivity contribution in [3.05, 3.63) is 30.1 Å². The predicted molar refractivity (Wildman–Crippen MR) is 36.4 cm³/mol. The van der Waals surface area contributed by atoms with Crippen molar-refractivity contribution in [3.8, 4) is 0 Å². The molecular formula is C6H5BrFZn. The summed E-state index contributed by atoms with van der Waals surface area (Å²) in [4.78, 5) is 0. The molecule has 0 heterocycles. The molecule has 9 heavy (non-hydrogen) atoms. The van der Waals surface area contributed by atoms with E-state index in [0.29, 0.717) is 0 Å². The van der Waals surface area contributed by atoms with Crippen LogP contribution in [0.1, 0.15) is 0 Å². The molecule has 0 nitrogen and oxygen atoms in total. The van der Waals surface area contributed by atoms with Crippen molar-refractivity contribution in [1.82, 2.24) is 0 Å². The molecule has 0 unspecified atom stereocenters. The van der Waals surface area contributed by atoms with Crippen molar-refractivity contribution in [2.75, 3.05) is 0 Å². The average molecular weight is 241 g/mol. The second-order valence-electron chi connectivity index (χ2n) is 1.63. The Bertz CT molecular complexity index is 152. The molecule has 0 amide bonds. The Hall–Kier alpha value is 0.253. The number of benzene rings is 1. The van der Waals surface area contributed by atoms with E-state index in [0.717, 1.165) is 18.3 Å². The summed E-state index contributed by atoms with van der Waals surface area (Å²) in [6.07, 6.45) is 0. The molecule has 0 aliphatic heterocycles. The molecule has 0 fully saturated rings. The third kappa shape index (κ3) is 3.07. The van der Waals surface area contributed by atoms with E-state index in [9.17, 15) is 4.39 Å². The summed E-state index contributed by atoms with van der Waals surface area (Å²) in [6.45, 7) is 0. The van der Waals surface area contributed by atoms with Gasteiger partial charge < -0.3 is 0 Å². The molecule has 0 bridgehead atoms. The topological polar surface area (TPSA) is 0 Å². The normalized spacial score (nSPS) is 8.33. The van der Waals surface area contributed by atoms with Crippen LogP contribution in [0.2, 0.25) is 0 Å². The zero-order chi connectivity index (χ0) is 5.98. The van der Waals surface area contributed by atoms with Crippen LogP contribution >= 0.6 is 17.0 Å². The first-order valence-electron chi connectivity index (χ1n) is 2.36. The summed E-state index contributed by atoms with van der Waals surface area (Å²) in [5.41, 5.74) is 0. The minimum absolute atomic E-state index is 0. The Labute approximate surface area is 73.9 Å². The van der Waals surface area contributed by atoms with Gasteiger partial charge in [0.2, 0.25) is 0 Å². The SMILES string of the molecule is Br.Fc1cc[c]([Zn])cc1. The monoisotopic (exact) mass is 239 g/mol. The third-order valence-corrected chi connectivity index (χ3v) is 1.90. The quantitative estimate of drug-likeness (QED) is 0.605. The fourth-order valence-corrected chi connectivity index (χ4v) is 0.979. The molecule has 0 aliphatic carbocycles. The van der Waals surface area contributed by atoms with Crippen LogP contribution in [-0.4, -0.2) is 0 Å². The molecule has 0 saturated carbocycles. The van der Waals surface area contributed by atoms with E-state index in [-0.39, 0.29) is 22.8 Å². The summed E-state index contributed by atoms with van der Waals surface area (Å²) in [5.74, 6) is -0.151. The fraction of sp³-hybridized carbons (Fsp3) is 0. The molecule has 45 valence electrons. The minimum atomic E-state index is -0.151. The molecule has 0 atom stereocenters. The Kier molecular flexibility index (Phi) is 4.25. The predicted octanol–water partition coefficient (Wildman–Crippen LogP) is 1.58. The first-order chi connectivity index (χ1) is 3.79. The zero-order valence-corrected chi connectivity index (χ0v) is 9.48. The number of hydrogen-bond acceptors (Lipinski definition) is 0. The third-order valence-electron chi connectivity index (χ3n) is 0.913. The van der Waals surface area contributed by atoms with E-state index in [4.69, 9.17) is 0 Å². The molecule has 1 aromatic rings. The Balaban J connectivity index is 0.000000640. The van der Waals surface area contributed by atoms with Gasteiger partial charge in [-0.3, -0.25) is 0 Å². The van der Waals surface area contributed by atoms with Gasteiger partial charge in [-0.2, -0.15) is 0 Å². The van der Waals surface area contributed by atoms with E-state index in [1.54, 1.807) is 12.1 Å². The summed E-state index contributed by atoms with van der Waals surface area (Å²) >= 11 is 1.10. The summed E-state index contributed by atoms with van der Waals surface area (Å²) in [7, 11) is 0. The van der Waals surface area contributed by atoms with Crippen LogP contribution in [0.5, 0.6) is 0 Å². The van der Waals surface area contributed by atoms with Crippen molar-refractivity contribution in [2.24, 2.45) is 0 Å². The van der Waals surface area contributed by atoms with Crippen LogP contribution < -0.4 is 4.16 Å². The first kappa shape index (κ1) is 9.25. The van der Waals surface area contributed by atoms with E-state index >= 15 is 0 Å². The molecule has 0 N–H and O–H groups in total. The summed E-state index contributed by atoms with van der Waals surface area (Å²) < 4.78 is 13.3. The molecule has 1 rings (SSSR count). The molecule has 0 spiro atoms. The molecular weight excluding hydrogens is 236 g/mol. The van der Waals surface area contributed by atoms with Gasteiger partial charge >= 0.3 is 56.9 Å². The van der Waals surface area contributed by atoms with Gasteiger partial charge in [-0.15, -0.1) is 17.0 Å². The van der Waals surface area contributed by atoms with Crippen molar-refractivity contribution in [2.45, 2.75) is 0 Å². The number of hydrogen-bond donors (Lipinski definition) is 0. The van der Waals surface area contributed by atoms with E-state index < -0.39 is 0 Å². The summed E-state index contributed by atoms with van der Waals surface area (Å²) in [6, 6.07) is 6.57. The molecule has 0 aliphatic rings. The summed E-state index contributed by atoms with van der Waals surface area (Å²) in [5, 5.41) is 0. The van der Waals surface area contributed by atoms with Crippen LogP contribution in [0, 0.1) is 5.82 Å². The molecule has 3 heteroatoms. The van der Waals surface area contributed by atoms with Crippen molar-refractivity contribution < 1.29 is 22.7 Å². The van der Waals surface area contributed by atoms with Crippen LogP contribution in [0.25, 0.3) is 0 Å². The van der Waals surface area contributed by atoms with E-state index in [1.807, 2.05) is 0 Å². The Morgan fingerprint density at radius 1 is 1.11 bits per heavy atom. The second kappa shape index (κ2) is 4.13. The standard InChI is InChI=1S/C6H4F.BrH.Zn/c7-6-4-2-1-3-5-6;;/h2-5H;1H;. The van der Waals surface area contributed by atoms with Crippen LogP contribution in [-0.2, 0) is 18.3 Å². The first-order valence-corrected chi connectivity index (χ1v) is 3.85. The number of rotatable bonds is 0. The van der Waals surface area contributed by atoms with Gasteiger partial charge in [0.15, 0.2) is 0 Å². The van der Waals surface area contributed by atoms with Gasteiger partial charge in [-0.1, -0.05) is 0 Å². The Morgan fingerprint density at radius 3 is 1.89 bits per heavy atom. The average Bonchev–Trinajstić information content (AvgIpc) is 1.77. The van der Waals surface area contributed by atoms with Crippen molar-refractivity contribution in [3.63, 3.8) is 0 Å². The Morgan fingerprint density at radius 2 is 1.56 bits per heavy atom. The van der Waals surface area contributed by atoms with Gasteiger partial charge in [0.05, 0.1) is 0 Å².